The molecular weight excluding hydrogens is 366 g/mol. The first-order valence-electron chi connectivity index (χ1n) is 8.81. The third-order valence-electron chi connectivity index (χ3n) is 5.50. The normalized spacial score (nSPS) is 31.9. The van der Waals surface area contributed by atoms with Gasteiger partial charge in [-0.3, -0.25) is 14.9 Å². The van der Waals surface area contributed by atoms with Crippen LogP contribution in [0.25, 0.3) is 0 Å². The van der Waals surface area contributed by atoms with Crippen LogP contribution in [0.3, 0.4) is 0 Å². The van der Waals surface area contributed by atoms with Crippen molar-refractivity contribution in [3.63, 3.8) is 0 Å². The number of aromatic amines is 1. The van der Waals surface area contributed by atoms with Gasteiger partial charge in [0.05, 0.1) is 6.67 Å². The molecule has 1 aromatic heterocycles. The summed E-state index contributed by atoms with van der Waals surface area (Å²) in [6.45, 7) is 4.52. The second-order valence-corrected chi connectivity index (χ2v) is 9.28. The lowest BCUT2D eigenvalue weighted by molar-refractivity contribution is -0.161. The Balaban J connectivity index is 1.40. The fraction of sp³-hybridized carbons (Fsp3) is 0.471. The van der Waals surface area contributed by atoms with E-state index in [-0.39, 0.29) is 28.0 Å². The van der Waals surface area contributed by atoms with Gasteiger partial charge in [-0.25, -0.2) is 5.10 Å². The van der Waals surface area contributed by atoms with Gasteiger partial charge in [-0.15, -0.1) is 16.9 Å². The first-order valence-corrected chi connectivity index (χ1v) is 9.69. The van der Waals surface area contributed by atoms with Crippen LogP contribution in [0.1, 0.15) is 37.3 Å². The lowest BCUT2D eigenvalue weighted by Crippen LogP contribution is -2.68. The number of carbonyl (C=O) groups is 2. The van der Waals surface area contributed by atoms with E-state index in [2.05, 4.69) is 39.8 Å². The van der Waals surface area contributed by atoms with Crippen molar-refractivity contribution in [2.24, 2.45) is 0 Å². The summed E-state index contributed by atoms with van der Waals surface area (Å²) in [6.07, 6.45) is 0. The van der Waals surface area contributed by atoms with Crippen molar-refractivity contribution in [3.8, 4) is 0 Å². The molecule has 3 saturated heterocycles. The Morgan fingerprint density at radius 1 is 1.19 bits per heavy atom. The van der Waals surface area contributed by atoms with Gasteiger partial charge < -0.3 is 9.80 Å². The summed E-state index contributed by atoms with van der Waals surface area (Å²) in [5.41, 5.74) is 0.915. The number of nitrogens with zero attached hydrogens (tertiary/aromatic N) is 5. The molecule has 3 aliphatic rings. The maximum absolute atomic E-state index is 13.0. The Labute approximate surface area is 159 Å². The van der Waals surface area contributed by atoms with E-state index in [0.717, 1.165) is 5.56 Å². The number of amides is 2. The molecule has 3 unspecified atom stereocenters. The molecule has 2 amide bonds. The van der Waals surface area contributed by atoms with Gasteiger partial charge >= 0.3 is 0 Å². The Morgan fingerprint density at radius 3 is 2.67 bits per heavy atom. The van der Waals surface area contributed by atoms with Crippen LogP contribution in [0.2, 0.25) is 0 Å². The number of nitrogens with one attached hydrogen (secondary N) is 2. The van der Waals surface area contributed by atoms with Crippen molar-refractivity contribution in [2.45, 2.75) is 42.1 Å². The molecule has 3 aliphatic heterocycles. The predicted molar refractivity (Wildman–Crippen MR) is 97.0 cm³/mol. The Morgan fingerprint density at radius 2 is 1.96 bits per heavy atom. The molecular formula is C17H19N7O2S. The van der Waals surface area contributed by atoms with E-state index in [0.29, 0.717) is 12.5 Å². The van der Waals surface area contributed by atoms with Crippen molar-refractivity contribution < 1.29 is 9.59 Å². The van der Waals surface area contributed by atoms with Crippen molar-refractivity contribution >= 4 is 23.6 Å². The second kappa shape index (κ2) is 5.77. The number of rotatable bonds is 3. The van der Waals surface area contributed by atoms with Gasteiger partial charge in [0.25, 0.3) is 0 Å². The number of H-pyrrole nitrogens is 1. The van der Waals surface area contributed by atoms with Gasteiger partial charge in [-0.2, -0.15) is 0 Å². The first kappa shape index (κ1) is 16.7. The van der Waals surface area contributed by atoms with Crippen LogP contribution in [0.5, 0.6) is 0 Å². The molecule has 0 bridgehead atoms. The van der Waals surface area contributed by atoms with E-state index < -0.39 is 12.1 Å². The molecule has 140 valence electrons. The maximum Gasteiger partial charge on any atom is 0.250 e. The standard InChI is InChI=1S/C17H19N7O2S/c1-17(2)12(13-19-21-22-20-13)24-15(26)11(16(24)27-17)23-8-18-10(14(23)25)9-6-4-3-5-7-9/h3-7,10-12,16,18H,8H2,1-2H3,(H,19,20,21,22)/t10?,11?,12?,16-/m0/s1. The van der Waals surface area contributed by atoms with Gasteiger partial charge in [0, 0.05) is 4.75 Å². The van der Waals surface area contributed by atoms with Gasteiger partial charge in [0.15, 0.2) is 5.82 Å². The Kier molecular flexibility index (Phi) is 3.57. The highest BCUT2D eigenvalue weighted by Gasteiger charge is 2.65. The van der Waals surface area contributed by atoms with E-state index in [1.165, 1.54) is 0 Å². The lowest BCUT2D eigenvalue weighted by atomic mass is 9.94. The monoisotopic (exact) mass is 385 g/mol. The summed E-state index contributed by atoms with van der Waals surface area (Å²) >= 11 is 1.69. The van der Waals surface area contributed by atoms with E-state index in [4.69, 9.17) is 0 Å². The zero-order valence-corrected chi connectivity index (χ0v) is 15.7. The molecule has 9 nitrogen and oxygen atoms in total. The molecule has 2 N–H and O–H groups in total. The van der Waals surface area contributed by atoms with E-state index in [1.54, 1.807) is 21.6 Å². The molecule has 2 aromatic rings. The molecule has 1 aromatic carbocycles. The molecule has 27 heavy (non-hydrogen) atoms. The average molecular weight is 385 g/mol. The summed E-state index contributed by atoms with van der Waals surface area (Å²) in [5.74, 6) is 0.473. The number of fused-ring (bicyclic) bond motifs is 1. The van der Waals surface area contributed by atoms with Crippen molar-refractivity contribution in [2.75, 3.05) is 6.67 Å². The molecule has 10 heteroatoms. The highest BCUT2D eigenvalue weighted by molar-refractivity contribution is 8.01. The SMILES string of the molecule is CC1(C)S[C@H]2C(N3CNC(c4ccccc4)C3=O)C(=O)N2C1c1nnn[nH]1. The van der Waals surface area contributed by atoms with Crippen LogP contribution in [0.15, 0.2) is 30.3 Å². The second-order valence-electron chi connectivity index (χ2n) is 7.51. The number of thioether (sulfide) groups is 1. The van der Waals surface area contributed by atoms with Gasteiger partial charge in [0.1, 0.15) is 23.5 Å². The van der Waals surface area contributed by atoms with Gasteiger partial charge in [-0.1, -0.05) is 30.3 Å². The number of β-lactam (4-membered cyclic amide) rings is 1. The minimum absolute atomic E-state index is 0.0525. The maximum atomic E-state index is 13.0. The lowest BCUT2D eigenvalue weighted by Gasteiger charge is -2.47. The van der Waals surface area contributed by atoms with Crippen LogP contribution in [0.4, 0.5) is 0 Å². The summed E-state index contributed by atoms with van der Waals surface area (Å²) in [6, 6.07) is 8.50. The van der Waals surface area contributed by atoms with E-state index in [1.807, 2.05) is 30.3 Å². The van der Waals surface area contributed by atoms with Crippen molar-refractivity contribution in [1.29, 1.82) is 0 Å². The number of benzene rings is 1. The summed E-state index contributed by atoms with van der Waals surface area (Å²) in [4.78, 5) is 29.5. The summed E-state index contributed by atoms with van der Waals surface area (Å²) < 4.78 is -0.259. The average Bonchev–Trinajstić information content (AvgIpc) is 3.34. The molecule has 0 radical (unpaired) electrons. The highest BCUT2D eigenvalue weighted by Crippen LogP contribution is 2.57. The van der Waals surface area contributed by atoms with E-state index >= 15 is 0 Å². The van der Waals surface area contributed by atoms with Crippen LogP contribution in [-0.4, -0.2) is 65.1 Å². The minimum Gasteiger partial charge on any atom is -0.314 e. The fourth-order valence-corrected chi connectivity index (χ4v) is 5.98. The Bertz CT molecular complexity index is 888. The Hall–Kier alpha value is -2.46. The zero-order chi connectivity index (χ0) is 18.8. The number of hydrogen-bond acceptors (Lipinski definition) is 7. The predicted octanol–water partition coefficient (Wildman–Crippen LogP) is 0.434. The number of carbonyl (C=O) groups excluding carboxylic acids is 2. The van der Waals surface area contributed by atoms with Gasteiger partial charge in [0.2, 0.25) is 11.8 Å². The zero-order valence-electron chi connectivity index (χ0n) is 14.9. The molecule has 0 spiro atoms. The van der Waals surface area contributed by atoms with Gasteiger partial charge in [-0.05, 0) is 29.8 Å². The minimum atomic E-state index is -0.455. The number of tetrazole rings is 1. The van der Waals surface area contributed by atoms with Crippen LogP contribution in [-0.2, 0) is 9.59 Å². The molecule has 4 heterocycles. The third-order valence-corrected chi connectivity index (χ3v) is 7.06. The van der Waals surface area contributed by atoms with Crippen molar-refractivity contribution in [1.82, 2.24) is 35.7 Å². The molecule has 3 fully saturated rings. The van der Waals surface area contributed by atoms with Crippen molar-refractivity contribution in [3.05, 3.63) is 41.7 Å². The quantitative estimate of drug-likeness (QED) is 0.738. The molecule has 0 aliphatic carbocycles. The first-order chi connectivity index (χ1) is 13.0. The van der Waals surface area contributed by atoms with E-state index in [9.17, 15) is 9.59 Å². The fourth-order valence-electron chi connectivity index (χ4n) is 4.27. The summed E-state index contributed by atoms with van der Waals surface area (Å²) in [5, 5.41) is 17.3. The topological polar surface area (TPSA) is 107 Å². The summed E-state index contributed by atoms with van der Waals surface area (Å²) in [7, 11) is 0. The van der Waals surface area contributed by atoms with Crippen LogP contribution >= 0.6 is 11.8 Å². The largest absolute Gasteiger partial charge is 0.314 e. The third kappa shape index (κ3) is 2.32. The van der Waals surface area contributed by atoms with Crippen LogP contribution in [0, 0.1) is 0 Å². The molecule has 5 rings (SSSR count). The van der Waals surface area contributed by atoms with Crippen LogP contribution < -0.4 is 5.32 Å². The number of aromatic nitrogens is 4. The smallest absolute Gasteiger partial charge is 0.250 e. The molecule has 4 atom stereocenters. The number of hydrogen-bond donors (Lipinski definition) is 2. The highest BCUT2D eigenvalue weighted by atomic mass is 32.2. The molecule has 0 saturated carbocycles.